The smallest absolute Gasteiger partial charge is 0.264 e. The molecular weight excluding hydrogens is 536 g/mol. The first-order valence-electron chi connectivity index (χ1n) is 11.4. The maximum atomic E-state index is 14.1. The zero-order valence-corrected chi connectivity index (χ0v) is 22.5. The SMILES string of the molecule is N#CC(C(=O)NC(N1CCOCC1)C(Cl)(Cl)Cl)=P(c1ccccc1)(c1ccccc1)c1ccccc1. The molecule has 5 nitrogen and oxygen atoms in total. The fourth-order valence-electron chi connectivity index (χ4n) is 4.48. The fourth-order valence-corrected chi connectivity index (χ4v) is 9.10. The highest BCUT2D eigenvalue weighted by Gasteiger charge is 2.41. The van der Waals surface area contributed by atoms with Gasteiger partial charge >= 0.3 is 0 Å². The number of alkyl halides is 3. The number of benzene rings is 3. The normalized spacial score (nSPS) is 15.5. The lowest BCUT2D eigenvalue weighted by atomic mass is 10.3. The molecule has 1 amide bonds. The predicted octanol–water partition coefficient (Wildman–Crippen LogP) is 3.82. The van der Waals surface area contributed by atoms with Gasteiger partial charge in [0.05, 0.1) is 13.2 Å². The van der Waals surface area contributed by atoms with Crippen LogP contribution in [0, 0.1) is 11.3 Å². The third-order valence-electron chi connectivity index (χ3n) is 6.08. The Morgan fingerprint density at radius 3 is 1.64 bits per heavy atom. The summed E-state index contributed by atoms with van der Waals surface area (Å²) in [4.78, 5) is 15.9. The number of ether oxygens (including phenoxy) is 1. The second-order valence-electron chi connectivity index (χ2n) is 8.20. The van der Waals surface area contributed by atoms with Crippen molar-refractivity contribution < 1.29 is 9.53 Å². The summed E-state index contributed by atoms with van der Waals surface area (Å²) in [6, 6.07) is 31.3. The summed E-state index contributed by atoms with van der Waals surface area (Å²) >= 11 is 19.0. The van der Waals surface area contributed by atoms with Gasteiger partial charge in [-0.05, 0) is 15.9 Å². The number of morpholine rings is 1. The van der Waals surface area contributed by atoms with Crippen LogP contribution >= 0.6 is 41.7 Å². The van der Waals surface area contributed by atoms with Gasteiger partial charge in [-0.25, -0.2) is 0 Å². The number of carbonyl (C=O) groups excluding carboxylic acids is 1. The molecule has 4 rings (SSSR count). The molecular formula is C27H25Cl3N3O2P. The van der Waals surface area contributed by atoms with Gasteiger partial charge in [-0.2, -0.15) is 5.26 Å². The molecule has 0 spiro atoms. The molecule has 0 bridgehead atoms. The first kappa shape index (κ1) is 26.8. The van der Waals surface area contributed by atoms with Gasteiger partial charge in [0.15, 0.2) is 0 Å². The molecule has 36 heavy (non-hydrogen) atoms. The lowest BCUT2D eigenvalue weighted by molar-refractivity contribution is -0.117. The Bertz CT molecular complexity index is 1170. The van der Waals surface area contributed by atoms with Crippen LogP contribution < -0.4 is 21.2 Å². The van der Waals surface area contributed by atoms with Gasteiger partial charge in [0.1, 0.15) is 17.5 Å². The number of nitrogens with one attached hydrogen (secondary N) is 1. The van der Waals surface area contributed by atoms with Gasteiger partial charge in [-0.15, -0.1) is 0 Å². The first-order valence-corrected chi connectivity index (χ1v) is 14.3. The Morgan fingerprint density at radius 2 is 1.28 bits per heavy atom. The molecule has 1 unspecified atom stereocenters. The molecule has 1 atom stereocenters. The number of halogens is 3. The molecule has 0 aliphatic carbocycles. The van der Waals surface area contributed by atoms with Crippen LogP contribution in [0.15, 0.2) is 91.0 Å². The third kappa shape index (κ3) is 5.50. The molecule has 0 aromatic heterocycles. The zero-order valence-electron chi connectivity index (χ0n) is 19.4. The lowest BCUT2D eigenvalue weighted by Gasteiger charge is -2.38. The Balaban J connectivity index is 1.99. The van der Waals surface area contributed by atoms with Crippen LogP contribution in [0.2, 0.25) is 0 Å². The summed E-state index contributed by atoms with van der Waals surface area (Å²) in [5, 5.41) is 16.2. The predicted molar refractivity (Wildman–Crippen MR) is 150 cm³/mol. The van der Waals surface area contributed by atoms with E-state index in [4.69, 9.17) is 39.5 Å². The number of nitriles is 1. The Labute approximate surface area is 226 Å². The maximum Gasteiger partial charge on any atom is 0.264 e. The molecule has 186 valence electrons. The minimum atomic E-state index is -2.90. The van der Waals surface area contributed by atoms with Crippen LogP contribution in [0.4, 0.5) is 0 Å². The number of amides is 1. The summed E-state index contributed by atoms with van der Waals surface area (Å²) in [6.45, 7) is -1.02. The molecule has 1 aliphatic heterocycles. The van der Waals surface area contributed by atoms with Crippen molar-refractivity contribution >= 4 is 68.8 Å². The van der Waals surface area contributed by atoms with Crippen molar-refractivity contribution in [1.29, 1.82) is 5.26 Å². The van der Waals surface area contributed by atoms with E-state index < -0.39 is 22.8 Å². The van der Waals surface area contributed by atoms with Crippen LogP contribution in [-0.2, 0) is 9.53 Å². The standard InChI is InChI=1S/C27H25Cl3N3O2P/c28-27(29,30)26(33-16-18-35-19-17-33)32-25(34)24(20-31)36(21-10-4-1-5-11-21,22-12-6-2-7-13-22)23-14-8-3-9-15-23/h1-15,26H,16-19H2,(H,32,34). The van der Waals surface area contributed by atoms with Crippen molar-refractivity contribution in [2.24, 2.45) is 0 Å². The molecule has 1 fully saturated rings. The van der Waals surface area contributed by atoms with E-state index in [1.54, 1.807) is 0 Å². The Kier molecular flexibility index (Phi) is 8.80. The number of hydrogen-bond acceptors (Lipinski definition) is 4. The molecule has 1 N–H and O–H groups in total. The monoisotopic (exact) mass is 559 g/mol. The average Bonchev–Trinajstić information content (AvgIpc) is 2.91. The third-order valence-corrected chi connectivity index (χ3v) is 10.9. The lowest BCUT2D eigenvalue weighted by Crippen LogP contribution is -2.59. The van der Waals surface area contributed by atoms with Gasteiger partial charge in [-0.1, -0.05) is 126 Å². The van der Waals surface area contributed by atoms with E-state index in [0.717, 1.165) is 15.9 Å². The number of hydrogen-bond donors (Lipinski definition) is 1. The summed E-state index contributed by atoms with van der Waals surface area (Å²) in [5.74, 6) is -0.565. The van der Waals surface area contributed by atoms with E-state index in [9.17, 15) is 10.1 Å². The fraction of sp³-hybridized carbons (Fsp3) is 0.222. The van der Waals surface area contributed by atoms with Crippen LogP contribution in [0.25, 0.3) is 0 Å². The molecule has 3 aromatic rings. The van der Waals surface area contributed by atoms with Crippen molar-refractivity contribution in [2.45, 2.75) is 9.96 Å². The van der Waals surface area contributed by atoms with Gasteiger partial charge < -0.3 is 10.1 Å². The van der Waals surface area contributed by atoms with E-state index in [1.807, 2.05) is 95.9 Å². The van der Waals surface area contributed by atoms with E-state index in [-0.39, 0.29) is 5.29 Å². The maximum absolute atomic E-state index is 14.1. The molecule has 0 radical (unpaired) electrons. The molecule has 1 saturated heterocycles. The van der Waals surface area contributed by atoms with E-state index >= 15 is 0 Å². The Morgan fingerprint density at radius 1 is 0.861 bits per heavy atom. The van der Waals surface area contributed by atoms with Crippen molar-refractivity contribution in [1.82, 2.24) is 10.2 Å². The summed E-state index contributed by atoms with van der Waals surface area (Å²) in [6.07, 6.45) is -0.938. The van der Waals surface area contributed by atoms with Gasteiger partial charge in [-0.3, -0.25) is 9.69 Å². The van der Waals surface area contributed by atoms with Crippen molar-refractivity contribution in [3.63, 3.8) is 0 Å². The average molecular weight is 561 g/mol. The topological polar surface area (TPSA) is 65.4 Å². The minimum absolute atomic E-state index is 0.0820. The first-order chi connectivity index (χ1) is 17.4. The highest BCUT2D eigenvalue weighted by molar-refractivity contribution is 7.96. The zero-order chi connectivity index (χ0) is 25.6. The van der Waals surface area contributed by atoms with Gasteiger partial charge in [0.2, 0.25) is 3.79 Å². The Hall–Kier alpha value is -2.29. The van der Waals surface area contributed by atoms with Crippen LogP contribution in [0.1, 0.15) is 0 Å². The van der Waals surface area contributed by atoms with Crippen LogP contribution in [0.3, 0.4) is 0 Å². The highest BCUT2D eigenvalue weighted by Crippen LogP contribution is 2.46. The number of nitrogens with zero attached hydrogens (tertiary/aromatic N) is 2. The van der Waals surface area contributed by atoms with Crippen molar-refractivity contribution in [3.8, 4) is 6.07 Å². The second-order valence-corrected chi connectivity index (χ2v) is 13.9. The molecule has 9 heteroatoms. The summed E-state index contributed by atoms with van der Waals surface area (Å²) < 4.78 is 3.61. The highest BCUT2D eigenvalue weighted by atomic mass is 35.6. The van der Waals surface area contributed by atoms with Crippen LogP contribution in [-0.4, -0.2) is 52.4 Å². The number of rotatable bonds is 6. The minimum Gasteiger partial charge on any atom is -0.379 e. The second kappa shape index (κ2) is 11.8. The van der Waals surface area contributed by atoms with E-state index in [2.05, 4.69) is 11.4 Å². The van der Waals surface area contributed by atoms with Crippen molar-refractivity contribution in [2.75, 3.05) is 26.3 Å². The molecule has 0 saturated carbocycles. The van der Waals surface area contributed by atoms with Gasteiger partial charge in [0, 0.05) is 20.0 Å². The van der Waals surface area contributed by atoms with E-state index in [0.29, 0.717) is 26.3 Å². The molecule has 3 aromatic carbocycles. The van der Waals surface area contributed by atoms with Crippen LogP contribution in [0.5, 0.6) is 0 Å². The quantitative estimate of drug-likeness (QED) is 0.368. The summed E-state index contributed by atoms with van der Waals surface area (Å²) in [5.41, 5.74) is 0. The largest absolute Gasteiger partial charge is 0.379 e. The van der Waals surface area contributed by atoms with E-state index in [1.165, 1.54) is 0 Å². The molecule has 1 heterocycles. The molecule has 1 aliphatic rings. The van der Waals surface area contributed by atoms with Crippen molar-refractivity contribution in [3.05, 3.63) is 91.0 Å². The van der Waals surface area contributed by atoms with Gasteiger partial charge in [0.25, 0.3) is 5.91 Å². The number of carbonyl (C=O) groups is 1. The summed E-state index contributed by atoms with van der Waals surface area (Å²) in [7, 11) is 0.